The molecule has 3 aromatic rings. The van der Waals surface area contributed by atoms with Crippen molar-refractivity contribution in [1.82, 2.24) is 19.3 Å². The summed E-state index contributed by atoms with van der Waals surface area (Å²) in [5, 5.41) is 0. The quantitative estimate of drug-likeness (QED) is 0.656. The van der Waals surface area contributed by atoms with E-state index >= 15 is 0 Å². The molecule has 2 N–H and O–H groups in total. The molecule has 1 saturated heterocycles. The van der Waals surface area contributed by atoms with Gasteiger partial charge in [-0.25, -0.2) is 18.7 Å². The Bertz CT molecular complexity index is 975. The molecule has 9 heteroatoms. The van der Waals surface area contributed by atoms with Crippen molar-refractivity contribution in [2.24, 2.45) is 0 Å². The number of nitrogen functional groups attached to an aromatic ring is 1. The van der Waals surface area contributed by atoms with Crippen molar-refractivity contribution >= 4 is 17.3 Å². The summed E-state index contributed by atoms with van der Waals surface area (Å²) < 4.78 is 41.5. The molecule has 1 aliphatic rings. The number of nitrogens with zero attached hydrogens (tertiary/aromatic N) is 4. The van der Waals surface area contributed by atoms with Gasteiger partial charge < -0.3 is 10.3 Å². The Labute approximate surface area is 170 Å². The Hall–Kier alpha value is -2.62. The van der Waals surface area contributed by atoms with E-state index < -0.39 is 17.3 Å². The minimum atomic E-state index is -2.67. The van der Waals surface area contributed by atoms with Crippen LogP contribution in [0.5, 0.6) is 0 Å². The zero-order valence-corrected chi connectivity index (χ0v) is 16.3. The Morgan fingerprint density at radius 2 is 1.59 bits per heavy atom. The van der Waals surface area contributed by atoms with Crippen LogP contribution in [0.4, 0.5) is 14.7 Å². The van der Waals surface area contributed by atoms with Gasteiger partial charge in [-0.1, -0.05) is 18.2 Å². The van der Waals surface area contributed by atoms with Crippen LogP contribution >= 0.6 is 0 Å². The van der Waals surface area contributed by atoms with Crippen LogP contribution in [0.25, 0.3) is 22.4 Å². The van der Waals surface area contributed by atoms with Crippen LogP contribution in [0.3, 0.4) is 0 Å². The van der Waals surface area contributed by atoms with Crippen molar-refractivity contribution in [2.75, 3.05) is 18.8 Å². The molecule has 1 fully saturated rings. The lowest BCUT2D eigenvalue weighted by molar-refractivity contribution is -0.0412. The first-order chi connectivity index (χ1) is 13.9. The minimum Gasteiger partial charge on any atom is -0.593 e. The highest BCUT2D eigenvalue weighted by Crippen LogP contribution is 2.34. The third-order valence-corrected chi connectivity index (χ3v) is 6.37. The Morgan fingerprint density at radius 1 is 0.931 bits per heavy atom. The molecule has 0 amide bonds. The van der Waals surface area contributed by atoms with Crippen molar-refractivity contribution in [1.29, 1.82) is 0 Å². The first kappa shape index (κ1) is 19.7. The van der Waals surface area contributed by atoms with E-state index in [4.69, 9.17) is 5.73 Å². The summed E-state index contributed by atoms with van der Waals surface area (Å²) in [6.07, 6.45) is 4.33. The molecule has 2 aromatic heterocycles. The molecular formula is C20H19F2N5OS. The molecule has 1 unspecified atom stereocenters. The smallest absolute Gasteiger partial charge is 0.250 e. The van der Waals surface area contributed by atoms with Crippen molar-refractivity contribution in [2.45, 2.75) is 23.7 Å². The van der Waals surface area contributed by atoms with Crippen molar-refractivity contribution in [3.8, 4) is 22.4 Å². The lowest BCUT2D eigenvalue weighted by Gasteiger charge is -2.31. The number of halogens is 2. The molecular weight excluding hydrogens is 396 g/mol. The van der Waals surface area contributed by atoms with Crippen LogP contribution in [-0.4, -0.2) is 42.8 Å². The molecule has 3 heterocycles. The molecule has 0 saturated carbocycles. The number of hydrogen-bond donors (Lipinski definition) is 1. The number of rotatable bonds is 4. The van der Waals surface area contributed by atoms with Crippen molar-refractivity contribution < 1.29 is 13.3 Å². The normalized spacial score (nSPS) is 17.8. The number of benzene rings is 1. The maximum absolute atomic E-state index is 13.4. The molecule has 6 nitrogen and oxygen atoms in total. The van der Waals surface area contributed by atoms with Crippen LogP contribution in [0, 0.1) is 0 Å². The summed E-state index contributed by atoms with van der Waals surface area (Å²) in [6.45, 7) is 0.199. The molecule has 150 valence electrons. The first-order valence-corrected chi connectivity index (χ1v) is 10.2. The summed E-state index contributed by atoms with van der Waals surface area (Å²) in [6, 6.07) is 11.0. The fraction of sp³-hybridized carbons (Fsp3) is 0.250. The van der Waals surface area contributed by atoms with Crippen LogP contribution in [0.2, 0.25) is 0 Å². The van der Waals surface area contributed by atoms with Gasteiger partial charge in [-0.05, 0) is 18.2 Å². The molecule has 0 radical (unpaired) electrons. The average Bonchev–Trinajstić information content (AvgIpc) is 2.74. The Balaban J connectivity index is 1.59. The summed E-state index contributed by atoms with van der Waals surface area (Å²) >= 11 is -1.52. The number of nitrogens with two attached hydrogens (primary N) is 1. The van der Waals surface area contributed by atoms with Gasteiger partial charge in [0.05, 0.1) is 30.1 Å². The Morgan fingerprint density at radius 3 is 2.24 bits per heavy atom. The predicted octanol–water partition coefficient (Wildman–Crippen LogP) is 3.54. The van der Waals surface area contributed by atoms with E-state index in [1.165, 1.54) is 0 Å². The molecule has 1 aromatic carbocycles. The maximum Gasteiger partial charge on any atom is 0.250 e. The van der Waals surface area contributed by atoms with Gasteiger partial charge in [0.1, 0.15) is 0 Å². The van der Waals surface area contributed by atoms with E-state index in [0.717, 1.165) is 16.7 Å². The molecule has 4 rings (SSSR count). The van der Waals surface area contributed by atoms with Crippen molar-refractivity contribution in [3.63, 3.8) is 0 Å². The van der Waals surface area contributed by atoms with Gasteiger partial charge in [0, 0.05) is 48.1 Å². The molecule has 0 bridgehead atoms. The van der Waals surface area contributed by atoms with Gasteiger partial charge in [-0.3, -0.25) is 4.98 Å². The van der Waals surface area contributed by atoms with E-state index in [1.54, 1.807) is 35.0 Å². The van der Waals surface area contributed by atoms with Crippen LogP contribution in [-0.2, 0) is 11.4 Å². The molecule has 1 atom stereocenters. The number of pyridine rings is 1. The second-order valence-electron chi connectivity index (χ2n) is 6.79. The SMILES string of the molecule is Nc1ncc(-c2ccc(-c3ccccc3[S+]([O-])N3CCC(F)(F)CC3)cn2)cn1. The number of piperidine rings is 1. The topological polar surface area (TPSA) is 91.0 Å². The van der Waals surface area contributed by atoms with E-state index in [2.05, 4.69) is 15.0 Å². The lowest BCUT2D eigenvalue weighted by atomic mass is 10.1. The monoisotopic (exact) mass is 415 g/mol. The highest BCUT2D eigenvalue weighted by Gasteiger charge is 2.39. The third-order valence-electron chi connectivity index (χ3n) is 4.81. The van der Waals surface area contributed by atoms with Gasteiger partial charge in [0.2, 0.25) is 5.95 Å². The van der Waals surface area contributed by atoms with Crippen LogP contribution < -0.4 is 5.73 Å². The zero-order valence-electron chi connectivity index (χ0n) is 15.5. The van der Waals surface area contributed by atoms with E-state index in [0.29, 0.717) is 10.6 Å². The highest BCUT2D eigenvalue weighted by molar-refractivity contribution is 7.89. The van der Waals surface area contributed by atoms with Crippen molar-refractivity contribution in [3.05, 3.63) is 55.0 Å². The number of aromatic nitrogens is 3. The zero-order chi connectivity index (χ0) is 20.4. The first-order valence-electron chi connectivity index (χ1n) is 9.11. The van der Waals surface area contributed by atoms with Crippen LogP contribution in [0.15, 0.2) is 59.9 Å². The Kier molecular flexibility index (Phi) is 5.44. The fourth-order valence-electron chi connectivity index (χ4n) is 3.17. The van der Waals surface area contributed by atoms with Gasteiger partial charge in [0.25, 0.3) is 5.92 Å². The largest absolute Gasteiger partial charge is 0.593 e. The summed E-state index contributed by atoms with van der Waals surface area (Å²) in [5.41, 5.74) is 8.48. The fourth-order valence-corrected chi connectivity index (χ4v) is 4.53. The van der Waals surface area contributed by atoms with Crippen LogP contribution in [0.1, 0.15) is 12.8 Å². The van der Waals surface area contributed by atoms with Gasteiger partial charge in [0.15, 0.2) is 4.90 Å². The maximum atomic E-state index is 13.4. The predicted molar refractivity (Wildman–Crippen MR) is 107 cm³/mol. The van der Waals surface area contributed by atoms with Gasteiger partial charge in [-0.2, -0.15) is 0 Å². The standard InChI is InChI=1S/C20H19F2N5OS/c21-20(22)7-9-27(10-8-20)29(28)18-4-2-1-3-16(18)14-5-6-17(24-11-14)15-12-25-19(23)26-13-15/h1-6,11-13H,7-10H2,(H2,23,25,26). The molecule has 1 aliphatic heterocycles. The van der Waals surface area contributed by atoms with E-state index in [-0.39, 0.29) is 31.9 Å². The van der Waals surface area contributed by atoms with E-state index in [9.17, 15) is 13.3 Å². The van der Waals surface area contributed by atoms with Gasteiger partial charge >= 0.3 is 0 Å². The minimum absolute atomic E-state index is 0.0995. The second-order valence-corrected chi connectivity index (χ2v) is 8.25. The number of hydrogen-bond acceptors (Lipinski definition) is 6. The molecule has 29 heavy (non-hydrogen) atoms. The summed E-state index contributed by atoms with van der Waals surface area (Å²) in [5.74, 6) is -2.48. The number of anilines is 1. The summed E-state index contributed by atoms with van der Waals surface area (Å²) in [7, 11) is 0. The second kappa shape index (κ2) is 8.02. The lowest BCUT2D eigenvalue weighted by Crippen LogP contribution is -2.42. The highest BCUT2D eigenvalue weighted by atomic mass is 32.2. The molecule has 0 aliphatic carbocycles. The summed E-state index contributed by atoms with van der Waals surface area (Å²) in [4.78, 5) is 13.0. The van der Waals surface area contributed by atoms with Gasteiger partial charge in [-0.15, -0.1) is 4.31 Å². The van der Waals surface area contributed by atoms with E-state index in [1.807, 2.05) is 24.3 Å². The average molecular weight is 415 g/mol. The molecule has 0 spiro atoms. The number of alkyl halides is 2. The third kappa shape index (κ3) is 4.36.